The summed E-state index contributed by atoms with van der Waals surface area (Å²) in [5, 5.41) is 2.84. The number of amides is 2. The second kappa shape index (κ2) is 14.8. The van der Waals surface area contributed by atoms with Crippen molar-refractivity contribution in [2.45, 2.75) is 51.6 Å². The predicted molar refractivity (Wildman–Crippen MR) is 166 cm³/mol. The van der Waals surface area contributed by atoms with Crippen LogP contribution < -0.4 is 23.8 Å². The van der Waals surface area contributed by atoms with Gasteiger partial charge in [-0.3, -0.25) is 13.9 Å². The number of nitrogens with zero attached hydrogens (tertiary/aromatic N) is 2. The molecule has 0 aliphatic rings. The van der Waals surface area contributed by atoms with E-state index in [-0.39, 0.29) is 23.1 Å². The van der Waals surface area contributed by atoms with Gasteiger partial charge in [0.1, 0.15) is 18.3 Å². The van der Waals surface area contributed by atoms with Gasteiger partial charge in [0.15, 0.2) is 11.5 Å². The third kappa shape index (κ3) is 8.19. The lowest BCUT2D eigenvalue weighted by molar-refractivity contribution is -0.139. The molecule has 0 aromatic heterocycles. The van der Waals surface area contributed by atoms with Gasteiger partial charge < -0.3 is 24.4 Å². The molecule has 0 heterocycles. The molecule has 3 aromatic rings. The van der Waals surface area contributed by atoms with Crippen molar-refractivity contribution in [2.75, 3.05) is 38.7 Å². The number of sulfonamides is 1. The summed E-state index contributed by atoms with van der Waals surface area (Å²) < 4.78 is 45.4. The molecule has 43 heavy (non-hydrogen) atoms. The van der Waals surface area contributed by atoms with Gasteiger partial charge in [0.2, 0.25) is 11.8 Å². The first-order chi connectivity index (χ1) is 20.4. The zero-order valence-corrected chi connectivity index (χ0v) is 26.7. The van der Waals surface area contributed by atoms with E-state index < -0.39 is 28.5 Å². The summed E-state index contributed by atoms with van der Waals surface area (Å²) in [7, 11) is 0.157. The van der Waals surface area contributed by atoms with Crippen molar-refractivity contribution in [3.63, 3.8) is 0 Å². The molecule has 0 aliphatic carbocycles. The van der Waals surface area contributed by atoms with Gasteiger partial charge in [-0.25, -0.2) is 8.42 Å². The molecule has 0 unspecified atom stereocenters. The van der Waals surface area contributed by atoms with Crippen molar-refractivity contribution in [3.8, 4) is 17.2 Å². The minimum Gasteiger partial charge on any atom is -0.497 e. The highest BCUT2D eigenvalue weighted by Gasteiger charge is 2.33. The van der Waals surface area contributed by atoms with Gasteiger partial charge in [0, 0.05) is 19.2 Å². The fourth-order valence-electron chi connectivity index (χ4n) is 4.63. The van der Waals surface area contributed by atoms with Crippen LogP contribution in [-0.2, 0) is 26.2 Å². The number of methoxy groups -OCH3 is 3. The van der Waals surface area contributed by atoms with E-state index in [9.17, 15) is 18.0 Å². The summed E-state index contributed by atoms with van der Waals surface area (Å²) in [5.74, 6) is 0.380. The average molecular weight is 612 g/mol. The maximum atomic E-state index is 14.2. The number of rotatable bonds is 14. The van der Waals surface area contributed by atoms with Gasteiger partial charge in [-0.2, -0.15) is 0 Å². The number of carbonyl (C=O) groups excluding carboxylic acids is 2. The van der Waals surface area contributed by atoms with Crippen LogP contribution in [0.3, 0.4) is 0 Å². The summed E-state index contributed by atoms with van der Waals surface area (Å²) in [5.41, 5.74) is 2.74. The molecule has 0 aliphatic heterocycles. The van der Waals surface area contributed by atoms with Crippen molar-refractivity contribution in [1.29, 1.82) is 0 Å². The monoisotopic (exact) mass is 611 g/mol. The normalized spacial score (nSPS) is 11.8. The van der Waals surface area contributed by atoms with Crippen molar-refractivity contribution in [2.24, 2.45) is 0 Å². The van der Waals surface area contributed by atoms with Crippen molar-refractivity contribution < 1.29 is 32.2 Å². The Balaban J connectivity index is 2.09. The van der Waals surface area contributed by atoms with E-state index in [1.54, 1.807) is 50.4 Å². The molecule has 3 aromatic carbocycles. The van der Waals surface area contributed by atoms with E-state index in [0.717, 1.165) is 27.4 Å². The van der Waals surface area contributed by atoms with Gasteiger partial charge in [0.25, 0.3) is 10.0 Å². The zero-order chi connectivity index (χ0) is 31.7. The average Bonchev–Trinajstić information content (AvgIpc) is 2.99. The number of ether oxygens (including phenoxy) is 3. The highest BCUT2D eigenvalue weighted by atomic mass is 32.2. The Morgan fingerprint density at radius 1 is 0.860 bits per heavy atom. The lowest BCUT2D eigenvalue weighted by Crippen LogP contribution is -2.51. The lowest BCUT2D eigenvalue weighted by atomic mass is 10.1. The number of hydrogen-bond donors (Lipinski definition) is 1. The Kier molecular flexibility index (Phi) is 11.4. The first kappa shape index (κ1) is 33.3. The molecule has 0 radical (unpaired) electrons. The number of anilines is 1. The Labute approximate surface area is 254 Å². The van der Waals surface area contributed by atoms with Gasteiger partial charge in [-0.15, -0.1) is 0 Å². The Morgan fingerprint density at radius 3 is 2.05 bits per heavy atom. The Hall–Kier alpha value is -4.25. The molecule has 3 rings (SSSR count). The van der Waals surface area contributed by atoms with Crippen molar-refractivity contribution in [3.05, 3.63) is 77.4 Å². The molecule has 0 bridgehead atoms. The molecular weight excluding hydrogens is 570 g/mol. The van der Waals surface area contributed by atoms with Crippen LogP contribution in [0.15, 0.2) is 65.6 Å². The second-order valence-corrected chi connectivity index (χ2v) is 12.1. The standard InChI is InChI=1S/C32H41N3O7S/c1-8-15-33-32(37)24(4)34(20-25-9-11-27(40-5)12-10-25)31(36)21-35(26-17-22(2)16-23(3)18-26)43(38,39)28-13-14-29(41-6)30(19-28)42-7/h9-14,16-19,24H,8,15,20-21H2,1-7H3,(H,33,37)/t24-/m1/s1. The van der Waals surface area contributed by atoms with E-state index in [4.69, 9.17) is 14.2 Å². The SMILES string of the molecule is CCCNC(=O)[C@@H](C)N(Cc1ccc(OC)cc1)C(=O)CN(c1cc(C)cc(C)c1)S(=O)(=O)c1ccc(OC)c(OC)c1. The maximum absolute atomic E-state index is 14.2. The summed E-state index contributed by atoms with van der Waals surface area (Å²) in [6.45, 7) is 7.28. The molecular formula is C32H41N3O7S. The summed E-state index contributed by atoms with van der Waals surface area (Å²) in [6.07, 6.45) is 0.731. The molecule has 0 saturated heterocycles. The van der Waals surface area contributed by atoms with E-state index in [1.165, 1.54) is 37.3 Å². The van der Waals surface area contributed by atoms with E-state index in [2.05, 4.69) is 5.32 Å². The summed E-state index contributed by atoms with van der Waals surface area (Å²) in [6, 6.07) is 15.9. The highest BCUT2D eigenvalue weighted by molar-refractivity contribution is 7.92. The molecule has 11 heteroatoms. The van der Waals surface area contributed by atoms with Gasteiger partial charge >= 0.3 is 0 Å². The van der Waals surface area contributed by atoms with Crippen molar-refractivity contribution in [1.82, 2.24) is 10.2 Å². The van der Waals surface area contributed by atoms with Crippen LogP contribution >= 0.6 is 0 Å². The maximum Gasteiger partial charge on any atom is 0.264 e. The minimum atomic E-state index is -4.28. The number of aryl methyl sites for hydroxylation is 2. The van der Waals surface area contributed by atoms with Crippen LogP contribution in [0.25, 0.3) is 0 Å². The summed E-state index contributed by atoms with van der Waals surface area (Å²) in [4.78, 5) is 28.5. The number of carbonyl (C=O) groups is 2. The minimum absolute atomic E-state index is 0.0763. The van der Waals surface area contributed by atoms with Gasteiger partial charge in [0.05, 0.1) is 31.9 Å². The molecule has 232 valence electrons. The van der Waals surface area contributed by atoms with E-state index in [0.29, 0.717) is 23.7 Å². The molecule has 10 nitrogen and oxygen atoms in total. The summed E-state index contributed by atoms with van der Waals surface area (Å²) >= 11 is 0. The van der Waals surface area contributed by atoms with Crippen molar-refractivity contribution >= 4 is 27.5 Å². The Morgan fingerprint density at radius 2 is 1.49 bits per heavy atom. The van der Waals surface area contributed by atoms with Crippen LogP contribution in [-0.4, -0.2) is 65.6 Å². The molecule has 0 saturated carbocycles. The third-order valence-electron chi connectivity index (χ3n) is 6.94. The second-order valence-electron chi connectivity index (χ2n) is 10.2. The smallest absolute Gasteiger partial charge is 0.264 e. The molecule has 1 atom stereocenters. The van der Waals surface area contributed by atoms with Crippen LogP contribution in [0.4, 0.5) is 5.69 Å². The van der Waals surface area contributed by atoms with Gasteiger partial charge in [-0.05, 0) is 80.3 Å². The number of benzene rings is 3. The first-order valence-electron chi connectivity index (χ1n) is 14.0. The quantitative estimate of drug-likeness (QED) is 0.286. The van der Waals surface area contributed by atoms with Crippen LogP contribution in [0.1, 0.15) is 37.0 Å². The van der Waals surface area contributed by atoms with Crippen LogP contribution in [0.2, 0.25) is 0 Å². The van der Waals surface area contributed by atoms with E-state index >= 15 is 0 Å². The Bertz CT molecular complexity index is 1500. The third-order valence-corrected chi connectivity index (χ3v) is 8.71. The lowest BCUT2D eigenvalue weighted by Gasteiger charge is -2.32. The van der Waals surface area contributed by atoms with Crippen LogP contribution in [0, 0.1) is 13.8 Å². The molecule has 2 amide bonds. The van der Waals surface area contributed by atoms with E-state index in [1.807, 2.05) is 26.8 Å². The highest BCUT2D eigenvalue weighted by Crippen LogP contribution is 2.33. The molecule has 1 N–H and O–H groups in total. The molecule has 0 fully saturated rings. The number of nitrogens with one attached hydrogen (secondary N) is 1. The first-order valence-corrected chi connectivity index (χ1v) is 15.4. The fourth-order valence-corrected chi connectivity index (χ4v) is 6.05. The largest absolute Gasteiger partial charge is 0.497 e. The zero-order valence-electron chi connectivity index (χ0n) is 25.8. The van der Waals surface area contributed by atoms with Gasteiger partial charge in [-0.1, -0.05) is 25.1 Å². The van der Waals surface area contributed by atoms with Crippen LogP contribution in [0.5, 0.6) is 17.2 Å². The topological polar surface area (TPSA) is 114 Å². The predicted octanol–water partition coefficient (Wildman–Crippen LogP) is 4.47. The molecule has 0 spiro atoms. The fraction of sp³-hybridized carbons (Fsp3) is 0.375. The number of hydrogen-bond acceptors (Lipinski definition) is 7.